The lowest BCUT2D eigenvalue weighted by molar-refractivity contribution is 0.0420. The fourth-order valence-corrected chi connectivity index (χ4v) is 4.85. The SMILES string of the molecule is O=C(OCCN1C(=O)c2ccccc2C1=O)c1cc(S(=O)(=O)Nc2ccc(Br)cc2)ccc1Cl. The van der Waals surface area contributed by atoms with Crippen LogP contribution in [0.3, 0.4) is 0 Å². The van der Waals surface area contributed by atoms with Crippen LogP contribution < -0.4 is 4.72 Å². The first-order valence-corrected chi connectivity index (χ1v) is 12.5. The van der Waals surface area contributed by atoms with Gasteiger partial charge < -0.3 is 4.74 Å². The number of nitrogens with zero attached hydrogens (tertiary/aromatic N) is 1. The quantitative estimate of drug-likeness (QED) is 0.338. The number of carbonyl (C=O) groups excluding carboxylic acids is 3. The molecule has 4 rings (SSSR count). The number of sulfonamides is 1. The molecule has 0 aromatic heterocycles. The van der Waals surface area contributed by atoms with E-state index in [0.717, 1.165) is 15.4 Å². The van der Waals surface area contributed by atoms with Crippen molar-refractivity contribution >= 4 is 61.0 Å². The van der Waals surface area contributed by atoms with Crippen molar-refractivity contribution in [2.24, 2.45) is 0 Å². The van der Waals surface area contributed by atoms with E-state index in [4.69, 9.17) is 16.3 Å². The Labute approximate surface area is 208 Å². The number of carbonyl (C=O) groups is 3. The minimum atomic E-state index is -4.01. The number of fused-ring (bicyclic) bond motifs is 1. The maximum atomic E-state index is 12.7. The molecular weight excluding hydrogens is 548 g/mol. The molecule has 0 saturated carbocycles. The van der Waals surface area contributed by atoms with Crippen molar-refractivity contribution in [3.05, 3.63) is 92.9 Å². The molecule has 34 heavy (non-hydrogen) atoms. The number of hydrogen-bond donors (Lipinski definition) is 1. The summed E-state index contributed by atoms with van der Waals surface area (Å²) in [5, 5.41) is -0.00618. The van der Waals surface area contributed by atoms with Gasteiger partial charge in [0.05, 0.1) is 33.2 Å². The molecule has 1 heterocycles. The van der Waals surface area contributed by atoms with E-state index in [0.29, 0.717) is 5.69 Å². The van der Waals surface area contributed by atoms with E-state index in [1.54, 1.807) is 48.5 Å². The first kappa shape index (κ1) is 23.9. The van der Waals surface area contributed by atoms with Gasteiger partial charge in [-0.3, -0.25) is 19.2 Å². The monoisotopic (exact) mass is 562 g/mol. The number of ether oxygens (including phenoxy) is 1. The summed E-state index contributed by atoms with van der Waals surface area (Å²) in [6.45, 7) is -0.437. The molecule has 3 aromatic rings. The zero-order chi connectivity index (χ0) is 24.5. The Morgan fingerprint density at radius 1 is 0.971 bits per heavy atom. The third-order valence-corrected chi connectivity index (χ3v) is 7.23. The molecule has 0 atom stereocenters. The van der Waals surface area contributed by atoms with Crippen molar-refractivity contribution in [2.45, 2.75) is 4.90 Å². The van der Waals surface area contributed by atoms with Crippen molar-refractivity contribution in [2.75, 3.05) is 17.9 Å². The van der Waals surface area contributed by atoms with E-state index in [1.165, 1.54) is 12.1 Å². The lowest BCUT2D eigenvalue weighted by Crippen LogP contribution is -2.33. The number of amides is 2. The van der Waals surface area contributed by atoms with Crippen LogP contribution in [0.1, 0.15) is 31.1 Å². The minimum Gasteiger partial charge on any atom is -0.460 e. The molecule has 1 aliphatic heterocycles. The highest BCUT2D eigenvalue weighted by Crippen LogP contribution is 2.25. The molecule has 0 spiro atoms. The molecule has 0 saturated heterocycles. The van der Waals surface area contributed by atoms with E-state index < -0.39 is 27.8 Å². The van der Waals surface area contributed by atoms with Gasteiger partial charge in [0.25, 0.3) is 21.8 Å². The van der Waals surface area contributed by atoms with Crippen molar-refractivity contribution in [3.8, 4) is 0 Å². The summed E-state index contributed by atoms with van der Waals surface area (Å²) in [7, 11) is -4.01. The maximum Gasteiger partial charge on any atom is 0.339 e. The Morgan fingerprint density at radius 2 is 1.59 bits per heavy atom. The van der Waals surface area contributed by atoms with E-state index in [1.807, 2.05) is 0 Å². The first-order valence-electron chi connectivity index (χ1n) is 9.87. The van der Waals surface area contributed by atoms with Crippen LogP contribution in [-0.2, 0) is 14.8 Å². The molecular formula is C23H16BrClN2O6S. The predicted molar refractivity (Wildman–Crippen MR) is 128 cm³/mol. The van der Waals surface area contributed by atoms with Crippen molar-refractivity contribution in [3.63, 3.8) is 0 Å². The number of imide groups is 1. The van der Waals surface area contributed by atoms with Gasteiger partial charge in [-0.25, -0.2) is 13.2 Å². The Bertz CT molecular complexity index is 1370. The Balaban J connectivity index is 1.44. The summed E-state index contributed by atoms with van der Waals surface area (Å²) >= 11 is 9.37. The fourth-order valence-electron chi connectivity index (χ4n) is 3.31. The molecule has 0 aliphatic carbocycles. The highest BCUT2D eigenvalue weighted by molar-refractivity contribution is 9.10. The van der Waals surface area contributed by atoms with Crippen molar-refractivity contribution in [1.29, 1.82) is 0 Å². The second-order valence-electron chi connectivity index (χ2n) is 7.20. The van der Waals surface area contributed by atoms with E-state index in [-0.39, 0.29) is 39.8 Å². The number of esters is 1. The largest absolute Gasteiger partial charge is 0.460 e. The molecule has 1 aliphatic rings. The maximum absolute atomic E-state index is 12.7. The van der Waals surface area contributed by atoms with Crippen LogP contribution in [0, 0.1) is 0 Å². The number of hydrogen-bond acceptors (Lipinski definition) is 6. The normalized spacial score (nSPS) is 13.1. The Morgan fingerprint density at radius 3 is 2.21 bits per heavy atom. The van der Waals surface area contributed by atoms with Crippen LogP contribution in [0.25, 0.3) is 0 Å². The molecule has 2 amide bonds. The van der Waals surface area contributed by atoms with Gasteiger partial charge in [0, 0.05) is 10.2 Å². The Kier molecular flexibility index (Phi) is 6.74. The average Bonchev–Trinajstić information content (AvgIpc) is 3.05. The average molecular weight is 564 g/mol. The number of anilines is 1. The van der Waals surface area contributed by atoms with Gasteiger partial charge in [0.2, 0.25) is 0 Å². The van der Waals surface area contributed by atoms with E-state index >= 15 is 0 Å². The zero-order valence-corrected chi connectivity index (χ0v) is 20.5. The molecule has 11 heteroatoms. The predicted octanol–water partition coefficient (Wildman–Crippen LogP) is 4.36. The summed E-state index contributed by atoms with van der Waals surface area (Å²) in [5.41, 5.74) is 0.752. The number of halogens is 2. The second kappa shape index (κ2) is 9.57. The summed E-state index contributed by atoms with van der Waals surface area (Å²) in [4.78, 5) is 38.2. The molecule has 0 bridgehead atoms. The third-order valence-electron chi connectivity index (χ3n) is 4.99. The highest BCUT2D eigenvalue weighted by atomic mass is 79.9. The Hall–Kier alpha value is -3.21. The van der Waals surface area contributed by atoms with Crippen LogP contribution in [0.5, 0.6) is 0 Å². The van der Waals surface area contributed by atoms with E-state index in [2.05, 4.69) is 20.7 Å². The second-order valence-corrected chi connectivity index (χ2v) is 10.2. The first-order chi connectivity index (χ1) is 16.2. The lowest BCUT2D eigenvalue weighted by atomic mass is 10.1. The lowest BCUT2D eigenvalue weighted by Gasteiger charge is -2.14. The number of nitrogens with one attached hydrogen (secondary N) is 1. The van der Waals surface area contributed by atoms with E-state index in [9.17, 15) is 22.8 Å². The van der Waals surface area contributed by atoms with Gasteiger partial charge >= 0.3 is 5.97 Å². The van der Waals surface area contributed by atoms with Crippen LogP contribution in [0.2, 0.25) is 5.02 Å². The van der Waals surface area contributed by atoms with Gasteiger partial charge in [-0.15, -0.1) is 0 Å². The van der Waals surface area contributed by atoms with Crippen molar-refractivity contribution < 1.29 is 27.5 Å². The molecule has 8 nitrogen and oxygen atoms in total. The zero-order valence-electron chi connectivity index (χ0n) is 17.3. The van der Waals surface area contributed by atoms with Gasteiger partial charge in [0.1, 0.15) is 6.61 Å². The van der Waals surface area contributed by atoms with Crippen LogP contribution in [-0.4, -0.2) is 44.3 Å². The standard InChI is InChI=1S/C23H16BrClN2O6S/c24-14-5-7-15(8-6-14)26-34(31,32)16-9-10-20(25)19(13-16)23(30)33-12-11-27-21(28)17-3-1-2-4-18(17)22(27)29/h1-10,13,26H,11-12H2. The van der Waals surface area contributed by atoms with Gasteiger partial charge in [-0.1, -0.05) is 39.7 Å². The topological polar surface area (TPSA) is 110 Å². The molecule has 0 radical (unpaired) electrons. The van der Waals surface area contributed by atoms with Crippen LogP contribution >= 0.6 is 27.5 Å². The molecule has 1 N–H and O–H groups in total. The van der Waals surface area contributed by atoms with Crippen molar-refractivity contribution in [1.82, 2.24) is 4.90 Å². The minimum absolute atomic E-state index is 0.00618. The molecule has 0 fully saturated rings. The van der Waals surface area contributed by atoms with Gasteiger partial charge in [-0.2, -0.15) is 0 Å². The number of benzene rings is 3. The molecule has 0 unspecified atom stereocenters. The summed E-state index contributed by atoms with van der Waals surface area (Å²) in [6.07, 6.45) is 0. The van der Waals surface area contributed by atoms with Crippen LogP contribution in [0.4, 0.5) is 5.69 Å². The number of rotatable bonds is 7. The van der Waals surface area contributed by atoms with Crippen LogP contribution in [0.15, 0.2) is 76.1 Å². The summed E-state index contributed by atoms with van der Waals surface area (Å²) in [6, 6.07) is 16.6. The molecule has 174 valence electrons. The fraction of sp³-hybridized carbons (Fsp3) is 0.0870. The summed E-state index contributed by atoms with van der Waals surface area (Å²) < 4.78 is 33.9. The molecule has 3 aromatic carbocycles. The highest BCUT2D eigenvalue weighted by Gasteiger charge is 2.35. The van der Waals surface area contributed by atoms with Gasteiger partial charge in [0.15, 0.2) is 0 Å². The third kappa shape index (κ3) is 4.84. The smallest absolute Gasteiger partial charge is 0.339 e. The summed E-state index contributed by atoms with van der Waals surface area (Å²) in [5.74, 6) is -1.83. The van der Waals surface area contributed by atoms with Gasteiger partial charge in [-0.05, 0) is 54.6 Å².